The molecule has 0 aliphatic heterocycles. The molecule has 138 valence electrons. The smallest absolute Gasteiger partial charge is 0.262 e. The van der Waals surface area contributed by atoms with E-state index < -0.39 is 5.91 Å². The number of nitrogens with one attached hydrogen (secondary N) is 1. The lowest BCUT2D eigenvalue weighted by atomic mass is 9.98. The van der Waals surface area contributed by atoms with E-state index in [2.05, 4.69) is 26.2 Å². The Morgan fingerprint density at radius 2 is 1.71 bits per heavy atom. The molecular weight excluding hydrogens is 414 g/mol. The topological polar surface area (TPSA) is 65.8 Å². The maximum Gasteiger partial charge on any atom is 0.262 e. The summed E-state index contributed by atoms with van der Waals surface area (Å²) in [5, 5.41) is 12.5. The van der Waals surface area contributed by atoms with Gasteiger partial charge in [-0.05, 0) is 51.7 Å². The van der Waals surface area contributed by atoms with Crippen molar-refractivity contribution < 1.29 is 4.79 Å². The van der Waals surface area contributed by atoms with Crippen molar-refractivity contribution in [3.63, 3.8) is 0 Å². The minimum absolute atomic E-state index is 0.0135. The van der Waals surface area contributed by atoms with Crippen LogP contribution in [0.2, 0.25) is 0 Å². The first-order valence-electron chi connectivity index (χ1n) is 8.80. The number of benzene rings is 2. The van der Waals surface area contributed by atoms with Gasteiger partial charge in [0.2, 0.25) is 0 Å². The van der Waals surface area contributed by atoms with E-state index in [1.807, 2.05) is 66.7 Å². The lowest BCUT2D eigenvalue weighted by Gasteiger charge is -2.19. The van der Waals surface area contributed by atoms with Crippen LogP contribution in [0, 0.1) is 11.3 Å². The van der Waals surface area contributed by atoms with Crippen molar-refractivity contribution in [3.8, 4) is 6.07 Å². The highest BCUT2D eigenvalue weighted by Crippen LogP contribution is 2.19. The molecule has 1 aromatic heterocycles. The summed E-state index contributed by atoms with van der Waals surface area (Å²) >= 11 is 3.30. The Morgan fingerprint density at radius 1 is 1.04 bits per heavy atom. The third-order valence-electron chi connectivity index (χ3n) is 4.18. The van der Waals surface area contributed by atoms with Crippen LogP contribution in [0.3, 0.4) is 0 Å². The summed E-state index contributed by atoms with van der Waals surface area (Å²) in [6.45, 7) is 0. The first-order valence-corrected chi connectivity index (χ1v) is 9.59. The molecule has 1 atom stereocenters. The Balaban J connectivity index is 1.84. The fourth-order valence-corrected chi connectivity index (χ4v) is 3.18. The summed E-state index contributed by atoms with van der Waals surface area (Å²) in [7, 11) is 0. The van der Waals surface area contributed by atoms with Gasteiger partial charge in [-0.25, -0.2) is 4.98 Å². The number of amides is 1. The quantitative estimate of drug-likeness (QED) is 0.344. The zero-order valence-corrected chi connectivity index (χ0v) is 16.6. The van der Waals surface area contributed by atoms with Gasteiger partial charge in [0.15, 0.2) is 0 Å². The molecule has 1 N–H and O–H groups in total. The largest absolute Gasteiger partial charge is 0.344 e. The third kappa shape index (κ3) is 5.38. The number of hydrogen-bond donors (Lipinski definition) is 1. The number of rotatable bonds is 6. The highest BCUT2D eigenvalue weighted by atomic mass is 79.9. The number of nitriles is 1. The number of hydrogen-bond acceptors (Lipinski definition) is 3. The van der Waals surface area contributed by atoms with E-state index in [0.29, 0.717) is 16.7 Å². The Kier molecular flexibility index (Phi) is 6.72. The monoisotopic (exact) mass is 431 g/mol. The van der Waals surface area contributed by atoms with Gasteiger partial charge >= 0.3 is 0 Å². The fraction of sp³-hybridized carbons (Fsp3) is 0.0870. The van der Waals surface area contributed by atoms with E-state index in [1.165, 1.54) is 6.08 Å². The van der Waals surface area contributed by atoms with E-state index in [-0.39, 0.29) is 11.6 Å². The molecule has 0 bridgehead atoms. The molecule has 3 aromatic rings. The van der Waals surface area contributed by atoms with Crippen LogP contribution in [-0.2, 0) is 11.2 Å². The fourth-order valence-electron chi connectivity index (χ4n) is 2.82. The first-order chi connectivity index (χ1) is 13.7. The second-order valence-electron chi connectivity index (χ2n) is 6.18. The second-order valence-corrected chi connectivity index (χ2v) is 6.99. The average Bonchev–Trinajstić information content (AvgIpc) is 2.73. The van der Waals surface area contributed by atoms with Gasteiger partial charge in [0.1, 0.15) is 16.2 Å². The standard InChI is InChI=1S/C23H18BrN3O/c24-22-13-7-12-20(26-22)15-19(16-25)23(28)27-21(18-10-5-2-6-11-18)14-17-8-3-1-4-9-17/h1-13,15,21H,14H2,(H,27,28)/t21-/m0/s1. The van der Waals surface area contributed by atoms with Crippen LogP contribution >= 0.6 is 15.9 Å². The van der Waals surface area contributed by atoms with Crippen molar-refractivity contribution in [3.05, 3.63) is 106 Å². The number of aromatic nitrogens is 1. The molecule has 1 amide bonds. The highest BCUT2D eigenvalue weighted by molar-refractivity contribution is 9.10. The van der Waals surface area contributed by atoms with Gasteiger partial charge in [0, 0.05) is 0 Å². The van der Waals surface area contributed by atoms with Gasteiger partial charge in [-0.2, -0.15) is 5.26 Å². The van der Waals surface area contributed by atoms with Crippen LogP contribution in [0.4, 0.5) is 0 Å². The minimum Gasteiger partial charge on any atom is -0.344 e. The van der Waals surface area contributed by atoms with Gasteiger partial charge in [-0.3, -0.25) is 4.79 Å². The van der Waals surface area contributed by atoms with Crippen LogP contribution in [0.15, 0.2) is 89.0 Å². The average molecular weight is 432 g/mol. The molecule has 0 spiro atoms. The zero-order valence-electron chi connectivity index (χ0n) is 15.0. The summed E-state index contributed by atoms with van der Waals surface area (Å²) in [4.78, 5) is 17.1. The maximum absolute atomic E-state index is 12.8. The molecule has 0 aliphatic rings. The summed E-state index contributed by atoms with van der Waals surface area (Å²) < 4.78 is 0.644. The van der Waals surface area contributed by atoms with Crippen molar-refractivity contribution in [2.45, 2.75) is 12.5 Å². The Morgan fingerprint density at radius 3 is 2.36 bits per heavy atom. The minimum atomic E-state index is -0.422. The van der Waals surface area contributed by atoms with Gasteiger partial charge in [-0.1, -0.05) is 66.7 Å². The number of halogens is 1. The predicted octanol–water partition coefficient (Wildman–Crippen LogP) is 4.85. The van der Waals surface area contributed by atoms with Gasteiger partial charge in [0.25, 0.3) is 5.91 Å². The van der Waals surface area contributed by atoms with Crippen LogP contribution in [0.5, 0.6) is 0 Å². The molecule has 0 aliphatic carbocycles. The van der Waals surface area contributed by atoms with Crippen molar-refractivity contribution in [1.82, 2.24) is 10.3 Å². The van der Waals surface area contributed by atoms with E-state index >= 15 is 0 Å². The van der Waals surface area contributed by atoms with Crippen LogP contribution < -0.4 is 5.32 Å². The Labute approximate surface area is 172 Å². The van der Waals surface area contributed by atoms with Crippen LogP contribution in [-0.4, -0.2) is 10.9 Å². The maximum atomic E-state index is 12.8. The SMILES string of the molecule is N#CC(=Cc1cccc(Br)n1)C(=O)N[C@@H](Cc1ccccc1)c1ccccc1. The molecule has 0 radical (unpaired) electrons. The Bertz CT molecular complexity index is 1010. The van der Waals surface area contributed by atoms with Crippen molar-refractivity contribution in [1.29, 1.82) is 5.26 Å². The van der Waals surface area contributed by atoms with E-state index in [9.17, 15) is 10.1 Å². The lowest BCUT2D eigenvalue weighted by molar-refractivity contribution is -0.117. The molecule has 2 aromatic carbocycles. The molecule has 5 heteroatoms. The molecular formula is C23H18BrN3O. The van der Waals surface area contributed by atoms with Crippen LogP contribution in [0.1, 0.15) is 22.9 Å². The summed E-state index contributed by atoms with van der Waals surface area (Å²) in [5.41, 5.74) is 2.64. The number of nitrogens with zero attached hydrogens (tertiary/aromatic N) is 2. The lowest BCUT2D eigenvalue weighted by Crippen LogP contribution is -2.30. The normalized spacial score (nSPS) is 12.1. The van der Waals surface area contributed by atoms with Gasteiger partial charge in [-0.15, -0.1) is 0 Å². The van der Waals surface area contributed by atoms with Crippen LogP contribution in [0.25, 0.3) is 6.08 Å². The first kappa shape index (κ1) is 19.5. The van der Waals surface area contributed by atoms with E-state index in [0.717, 1.165) is 11.1 Å². The zero-order chi connectivity index (χ0) is 19.8. The number of carbonyl (C=O) groups is 1. The molecule has 0 fully saturated rings. The molecule has 28 heavy (non-hydrogen) atoms. The summed E-state index contributed by atoms with van der Waals surface area (Å²) in [5.74, 6) is -0.422. The van der Waals surface area contributed by atoms with Gasteiger partial charge in [0.05, 0.1) is 11.7 Å². The molecule has 0 saturated carbocycles. The molecule has 3 rings (SSSR count). The van der Waals surface area contributed by atoms with Crippen molar-refractivity contribution in [2.24, 2.45) is 0 Å². The summed E-state index contributed by atoms with van der Waals surface area (Å²) in [6, 6.07) is 26.8. The third-order valence-corrected chi connectivity index (χ3v) is 4.63. The predicted molar refractivity (Wildman–Crippen MR) is 113 cm³/mol. The van der Waals surface area contributed by atoms with Crippen molar-refractivity contribution in [2.75, 3.05) is 0 Å². The molecule has 0 unspecified atom stereocenters. The second kappa shape index (κ2) is 9.63. The molecule has 4 nitrogen and oxygen atoms in total. The number of pyridine rings is 1. The van der Waals surface area contributed by atoms with E-state index in [4.69, 9.17) is 0 Å². The van der Waals surface area contributed by atoms with Crippen molar-refractivity contribution >= 4 is 27.9 Å². The highest BCUT2D eigenvalue weighted by Gasteiger charge is 2.18. The Hall–Kier alpha value is -3.23. The molecule has 0 saturated heterocycles. The molecule has 1 heterocycles. The van der Waals surface area contributed by atoms with E-state index in [1.54, 1.807) is 18.2 Å². The number of carbonyl (C=O) groups excluding carboxylic acids is 1. The summed E-state index contributed by atoms with van der Waals surface area (Å²) in [6.07, 6.45) is 2.12. The van der Waals surface area contributed by atoms with Gasteiger partial charge < -0.3 is 5.32 Å².